The molecule has 1 aromatic rings. The van der Waals surface area contributed by atoms with Crippen LogP contribution in [0.25, 0.3) is 0 Å². The number of rotatable bonds is 5. The van der Waals surface area contributed by atoms with Gasteiger partial charge >= 0.3 is 5.97 Å². The van der Waals surface area contributed by atoms with Gasteiger partial charge in [0.2, 0.25) is 10.0 Å². The lowest BCUT2D eigenvalue weighted by Crippen LogP contribution is -2.35. The van der Waals surface area contributed by atoms with Gasteiger partial charge in [-0.15, -0.1) is 0 Å². The molecule has 0 aliphatic carbocycles. The highest BCUT2D eigenvalue weighted by Crippen LogP contribution is 2.21. The van der Waals surface area contributed by atoms with E-state index in [4.69, 9.17) is 5.11 Å². The fourth-order valence-electron chi connectivity index (χ4n) is 2.20. The number of nitrogens with zero attached hydrogens (tertiary/aromatic N) is 1. The van der Waals surface area contributed by atoms with E-state index in [1.165, 1.54) is 12.1 Å². The maximum Gasteiger partial charge on any atom is 0.318 e. The number of hydrogen-bond donors (Lipinski definition) is 3. The summed E-state index contributed by atoms with van der Waals surface area (Å²) in [4.78, 5) is 12.5. The quantitative estimate of drug-likeness (QED) is 0.707. The van der Waals surface area contributed by atoms with Gasteiger partial charge in [-0.1, -0.05) is 0 Å². The second-order valence-corrected chi connectivity index (χ2v) is 6.70. The zero-order valence-corrected chi connectivity index (χ0v) is 12.2. The first-order valence-electron chi connectivity index (χ1n) is 6.63. The topological polar surface area (TPSA) is 107 Å². The van der Waals surface area contributed by atoms with E-state index in [-0.39, 0.29) is 11.0 Å². The standard InChI is InChI=1S/C13H18N2O5S/c16-11-5-7-15(8-6-11)10-1-3-12(4-2-10)21(19,20)14-9-13(17)18/h1-4,11,14,16H,5-9H2,(H,17,18). The summed E-state index contributed by atoms with van der Waals surface area (Å²) in [7, 11) is -3.80. The second kappa shape index (κ2) is 6.42. The van der Waals surface area contributed by atoms with Crippen LogP contribution in [0.15, 0.2) is 29.2 Å². The highest BCUT2D eigenvalue weighted by Gasteiger charge is 2.19. The van der Waals surface area contributed by atoms with Gasteiger partial charge in [-0.05, 0) is 37.1 Å². The number of nitrogens with one attached hydrogen (secondary N) is 1. The minimum Gasteiger partial charge on any atom is -0.480 e. The number of aliphatic carboxylic acids is 1. The molecule has 7 nitrogen and oxygen atoms in total. The Labute approximate surface area is 123 Å². The number of aliphatic hydroxyl groups excluding tert-OH is 1. The molecule has 0 saturated carbocycles. The van der Waals surface area contributed by atoms with Crippen LogP contribution in [-0.2, 0) is 14.8 Å². The zero-order chi connectivity index (χ0) is 15.5. The average Bonchev–Trinajstić information content (AvgIpc) is 2.46. The molecule has 1 saturated heterocycles. The molecule has 116 valence electrons. The van der Waals surface area contributed by atoms with Crippen LogP contribution < -0.4 is 9.62 Å². The third kappa shape index (κ3) is 4.16. The maximum atomic E-state index is 11.8. The number of piperidine rings is 1. The van der Waals surface area contributed by atoms with Crippen LogP contribution >= 0.6 is 0 Å². The van der Waals surface area contributed by atoms with Crippen molar-refractivity contribution in [1.29, 1.82) is 0 Å². The molecule has 21 heavy (non-hydrogen) atoms. The molecule has 0 amide bonds. The predicted octanol–water partition coefficient (Wildman–Crippen LogP) is 0.0106. The summed E-state index contributed by atoms with van der Waals surface area (Å²) in [6.07, 6.45) is 1.13. The summed E-state index contributed by atoms with van der Waals surface area (Å²) in [5, 5.41) is 18.0. The molecule has 0 spiro atoms. The van der Waals surface area contributed by atoms with Crippen molar-refractivity contribution >= 4 is 21.7 Å². The molecular weight excluding hydrogens is 296 g/mol. The van der Waals surface area contributed by atoms with Crippen molar-refractivity contribution in [1.82, 2.24) is 4.72 Å². The predicted molar refractivity (Wildman–Crippen MR) is 76.7 cm³/mol. The van der Waals surface area contributed by atoms with Crippen molar-refractivity contribution in [3.05, 3.63) is 24.3 Å². The first-order valence-corrected chi connectivity index (χ1v) is 8.11. The average molecular weight is 314 g/mol. The molecule has 0 aromatic heterocycles. The molecule has 1 aliphatic heterocycles. The third-order valence-corrected chi connectivity index (χ3v) is 4.81. The molecule has 1 aliphatic rings. The van der Waals surface area contributed by atoms with Crippen molar-refractivity contribution in [2.75, 3.05) is 24.5 Å². The van der Waals surface area contributed by atoms with E-state index in [1.807, 2.05) is 4.72 Å². The van der Waals surface area contributed by atoms with Crippen molar-refractivity contribution in [2.24, 2.45) is 0 Å². The van der Waals surface area contributed by atoms with Crippen molar-refractivity contribution < 1.29 is 23.4 Å². The van der Waals surface area contributed by atoms with Gasteiger partial charge in [0.25, 0.3) is 0 Å². The number of anilines is 1. The van der Waals surface area contributed by atoms with Crippen LogP contribution in [0.3, 0.4) is 0 Å². The highest BCUT2D eigenvalue weighted by molar-refractivity contribution is 7.89. The number of carboxylic acid groups (broad SMARTS) is 1. The van der Waals surface area contributed by atoms with Crippen LogP contribution in [0.1, 0.15) is 12.8 Å². The minimum absolute atomic E-state index is 0.0320. The Hall–Kier alpha value is -1.64. The monoisotopic (exact) mass is 314 g/mol. The Morgan fingerprint density at radius 1 is 1.24 bits per heavy atom. The van der Waals surface area contributed by atoms with Crippen LogP contribution in [0.5, 0.6) is 0 Å². The number of carboxylic acids is 1. The van der Waals surface area contributed by atoms with Gasteiger partial charge in [-0.2, -0.15) is 4.72 Å². The van der Waals surface area contributed by atoms with Gasteiger partial charge in [-0.3, -0.25) is 4.79 Å². The molecule has 2 rings (SSSR count). The molecule has 0 atom stereocenters. The number of benzene rings is 1. The summed E-state index contributed by atoms with van der Waals surface area (Å²) in [5.41, 5.74) is 0.888. The number of hydrogen-bond acceptors (Lipinski definition) is 5. The minimum atomic E-state index is -3.80. The van der Waals surface area contributed by atoms with Crippen LogP contribution in [0.2, 0.25) is 0 Å². The smallest absolute Gasteiger partial charge is 0.318 e. The van der Waals surface area contributed by atoms with Crippen LogP contribution in [-0.4, -0.2) is 50.3 Å². The summed E-state index contributed by atoms with van der Waals surface area (Å²) in [6.45, 7) is 0.809. The first kappa shape index (κ1) is 15.7. The number of aliphatic hydroxyl groups is 1. The lowest BCUT2D eigenvalue weighted by molar-refractivity contribution is -0.135. The van der Waals surface area contributed by atoms with Crippen molar-refractivity contribution in [3.63, 3.8) is 0 Å². The lowest BCUT2D eigenvalue weighted by atomic mass is 10.1. The molecule has 8 heteroatoms. The fraction of sp³-hybridized carbons (Fsp3) is 0.462. The summed E-state index contributed by atoms with van der Waals surface area (Å²) in [6, 6.07) is 6.27. The van der Waals surface area contributed by atoms with Gasteiger partial charge in [0.1, 0.15) is 6.54 Å². The first-order chi connectivity index (χ1) is 9.88. The van der Waals surface area contributed by atoms with Gasteiger partial charge in [-0.25, -0.2) is 8.42 Å². The summed E-state index contributed by atoms with van der Waals surface area (Å²) >= 11 is 0. The lowest BCUT2D eigenvalue weighted by Gasteiger charge is -2.31. The van der Waals surface area contributed by atoms with E-state index in [0.29, 0.717) is 12.8 Å². The molecule has 1 fully saturated rings. The van der Waals surface area contributed by atoms with E-state index in [9.17, 15) is 18.3 Å². The SMILES string of the molecule is O=C(O)CNS(=O)(=O)c1ccc(N2CCC(O)CC2)cc1. The van der Waals surface area contributed by atoms with Gasteiger partial charge in [0.05, 0.1) is 11.0 Å². The van der Waals surface area contributed by atoms with Crippen LogP contribution in [0, 0.1) is 0 Å². The Morgan fingerprint density at radius 3 is 2.33 bits per heavy atom. The Morgan fingerprint density at radius 2 is 1.81 bits per heavy atom. The highest BCUT2D eigenvalue weighted by atomic mass is 32.2. The number of sulfonamides is 1. The normalized spacial score (nSPS) is 16.9. The van der Waals surface area contributed by atoms with Gasteiger partial charge in [0, 0.05) is 18.8 Å². The number of carbonyl (C=O) groups is 1. The Balaban J connectivity index is 2.06. The molecule has 3 N–H and O–H groups in total. The van der Waals surface area contributed by atoms with Crippen molar-refractivity contribution in [2.45, 2.75) is 23.8 Å². The summed E-state index contributed by atoms with van der Waals surface area (Å²) in [5.74, 6) is -1.23. The molecule has 0 unspecified atom stereocenters. The summed E-state index contributed by atoms with van der Waals surface area (Å²) < 4.78 is 25.7. The van der Waals surface area contributed by atoms with E-state index < -0.39 is 22.5 Å². The van der Waals surface area contributed by atoms with E-state index in [0.717, 1.165) is 18.8 Å². The molecular formula is C13H18N2O5S. The van der Waals surface area contributed by atoms with Crippen molar-refractivity contribution in [3.8, 4) is 0 Å². The molecule has 1 heterocycles. The largest absolute Gasteiger partial charge is 0.480 e. The molecule has 0 bridgehead atoms. The van der Waals surface area contributed by atoms with E-state index in [2.05, 4.69) is 4.90 Å². The Kier molecular flexibility index (Phi) is 4.81. The van der Waals surface area contributed by atoms with Gasteiger partial charge in [0.15, 0.2) is 0 Å². The second-order valence-electron chi connectivity index (χ2n) is 4.93. The Bertz CT molecular complexity index is 591. The third-order valence-electron chi connectivity index (χ3n) is 3.39. The van der Waals surface area contributed by atoms with E-state index >= 15 is 0 Å². The van der Waals surface area contributed by atoms with Gasteiger partial charge < -0.3 is 15.1 Å². The van der Waals surface area contributed by atoms with E-state index in [1.54, 1.807) is 12.1 Å². The fourth-order valence-corrected chi connectivity index (χ4v) is 3.17. The van der Waals surface area contributed by atoms with Crippen LogP contribution in [0.4, 0.5) is 5.69 Å². The zero-order valence-electron chi connectivity index (χ0n) is 11.4. The maximum absolute atomic E-state index is 11.8. The molecule has 0 radical (unpaired) electrons. The molecule has 1 aromatic carbocycles.